The molecule has 1 N–H and O–H groups in total. The van der Waals surface area contributed by atoms with Crippen LogP contribution in [0, 0.1) is 0 Å². The lowest BCUT2D eigenvalue weighted by atomic mass is 9.94. The zero-order valence-corrected chi connectivity index (χ0v) is 14.1. The summed E-state index contributed by atoms with van der Waals surface area (Å²) >= 11 is 0. The predicted molar refractivity (Wildman–Crippen MR) is 91.6 cm³/mol. The normalized spacial score (nSPS) is 22.3. The van der Waals surface area contributed by atoms with Crippen molar-refractivity contribution >= 4 is 0 Å². The van der Waals surface area contributed by atoms with Gasteiger partial charge in [0.15, 0.2) is 0 Å². The smallest absolute Gasteiger partial charge is 0.0473 e. The number of hydrogen-bond acceptors (Lipinski definition) is 2. The van der Waals surface area contributed by atoms with Gasteiger partial charge >= 0.3 is 0 Å². The molecule has 0 radical (unpaired) electrons. The minimum absolute atomic E-state index is 0.231. The van der Waals surface area contributed by atoms with Crippen LogP contribution in [0.15, 0.2) is 30.3 Å². The van der Waals surface area contributed by atoms with Crippen molar-refractivity contribution in [2.45, 2.75) is 64.5 Å². The Labute approximate surface area is 130 Å². The molecule has 0 aromatic heterocycles. The molecule has 1 saturated heterocycles. The monoisotopic (exact) mass is 288 g/mol. The van der Waals surface area contributed by atoms with Gasteiger partial charge in [0.1, 0.15) is 0 Å². The summed E-state index contributed by atoms with van der Waals surface area (Å²) in [6, 6.07) is 11.5. The van der Waals surface area contributed by atoms with Crippen LogP contribution in [-0.4, -0.2) is 30.1 Å². The van der Waals surface area contributed by atoms with Crippen molar-refractivity contribution in [1.82, 2.24) is 10.2 Å². The van der Waals surface area contributed by atoms with Gasteiger partial charge in [-0.05, 0) is 32.4 Å². The van der Waals surface area contributed by atoms with E-state index in [9.17, 15) is 0 Å². The molecule has 1 fully saturated rings. The SMILES string of the molecule is CCCCCCCN1CC(C)(C)NCC1c1ccccc1. The standard InChI is InChI=1S/C19H32N2/c1-4-5-6-7-11-14-21-16-19(2,3)20-15-18(21)17-12-9-8-10-13-17/h8-10,12-13,18,20H,4-7,11,14-16H2,1-3H3. The molecule has 1 aromatic rings. The first-order valence-electron chi connectivity index (χ1n) is 8.66. The molecule has 2 rings (SSSR count). The Bertz CT molecular complexity index is 399. The van der Waals surface area contributed by atoms with Crippen molar-refractivity contribution in [1.29, 1.82) is 0 Å². The minimum atomic E-state index is 0.231. The summed E-state index contributed by atoms with van der Waals surface area (Å²) in [4.78, 5) is 2.69. The average molecular weight is 288 g/mol. The van der Waals surface area contributed by atoms with E-state index in [2.05, 4.69) is 61.3 Å². The van der Waals surface area contributed by atoms with Crippen molar-refractivity contribution < 1.29 is 0 Å². The minimum Gasteiger partial charge on any atom is -0.309 e. The van der Waals surface area contributed by atoms with Gasteiger partial charge in [-0.3, -0.25) is 4.90 Å². The number of hydrogen-bond donors (Lipinski definition) is 1. The van der Waals surface area contributed by atoms with Crippen molar-refractivity contribution in [3.05, 3.63) is 35.9 Å². The second-order valence-corrected chi connectivity index (χ2v) is 7.08. The van der Waals surface area contributed by atoms with E-state index >= 15 is 0 Å². The van der Waals surface area contributed by atoms with E-state index < -0.39 is 0 Å². The molecule has 0 bridgehead atoms. The lowest BCUT2D eigenvalue weighted by Crippen LogP contribution is -2.58. The first-order chi connectivity index (χ1) is 10.1. The van der Waals surface area contributed by atoms with Crippen LogP contribution in [0.5, 0.6) is 0 Å². The van der Waals surface area contributed by atoms with Gasteiger partial charge in [-0.15, -0.1) is 0 Å². The molecule has 1 aliphatic rings. The molecule has 1 atom stereocenters. The molecule has 0 amide bonds. The van der Waals surface area contributed by atoms with Gasteiger partial charge in [0, 0.05) is 24.7 Å². The number of rotatable bonds is 7. The van der Waals surface area contributed by atoms with E-state index in [-0.39, 0.29) is 5.54 Å². The summed E-state index contributed by atoms with van der Waals surface area (Å²) in [6.07, 6.45) is 6.81. The molecular formula is C19H32N2. The lowest BCUT2D eigenvalue weighted by Gasteiger charge is -2.45. The van der Waals surface area contributed by atoms with Crippen molar-refractivity contribution in [3.63, 3.8) is 0 Å². The first-order valence-corrected chi connectivity index (χ1v) is 8.66. The van der Waals surface area contributed by atoms with Gasteiger partial charge in [0.25, 0.3) is 0 Å². The van der Waals surface area contributed by atoms with Crippen LogP contribution < -0.4 is 5.32 Å². The Morgan fingerprint density at radius 1 is 1.10 bits per heavy atom. The lowest BCUT2D eigenvalue weighted by molar-refractivity contribution is 0.0931. The first kappa shape index (κ1) is 16.5. The van der Waals surface area contributed by atoms with Crippen LogP contribution in [0.1, 0.15) is 64.5 Å². The molecule has 1 heterocycles. The van der Waals surface area contributed by atoms with E-state index in [4.69, 9.17) is 0 Å². The van der Waals surface area contributed by atoms with E-state index in [0.717, 1.165) is 13.1 Å². The largest absolute Gasteiger partial charge is 0.309 e. The molecule has 0 saturated carbocycles. The number of nitrogens with one attached hydrogen (secondary N) is 1. The molecular weight excluding hydrogens is 256 g/mol. The quantitative estimate of drug-likeness (QED) is 0.749. The highest BCUT2D eigenvalue weighted by molar-refractivity contribution is 5.20. The molecule has 118 valence electrons. The maximum atomic E-state index is 3.71. The van der Waals surface area contributed by atoms with Gasteiger partial charge in [0.05, 0.1) is 0 Å². The third kappa shape index (κ3) is 5.12. The Kier molecular flexibility index (Phi) is 6.25. The van der Waals surface area contributed by atoms with Crippen molar-refractivity contribution in [3.8, 4) is 0 Å². The topological polar surface area (TPSA) is 15.3 Å². The fraction of sp³-hybridized carbons (Fsp3) is 0.684. The van der Waals surface area contributed by atoms with Gasteiger partial charge in [-0.1, -0.05) is 62.9 Å². The second-order valence-electron chi connectivity index (χ2n) is 7.08. The zero-order valence-electron chi connectivity index (χ0n) is 14.1. The van der Waals surface area contributed by atoms with Crippen molar-refractivity contribution in [2.24, 2.45) is 0 Å². The Morgan fingerprint density at radius 3 is 2.52 bits per heavy atom. The third-order valence-corrected chi connectivity index (χ3v) is 4.55. The van der Waals surface area contributed by atoms with Crippen LogP contribution in [0.3, 0.4) is 0 Å². The Morgan fingerprint density at radius 2 is 1.81 bits per heavy atom. The van der Waals surface area contributed by atoms with Crippen LogP contribution >= 0.6 is 0 Å². The number of benzene rings is 1. The molecule has 2 heteroatoms. The van der Waals surface area contributed by atoms with Gasteiger partial charge < -0.3 is 5.32 Å². The summed E-state index contributed by atoms with van der Waals surface area (Å²) in [7, 11) is 0. The van der Waals surface area contributed by atoms with Crippen molar-refractivity contribution in [2.75, 3.05) is 19.6 Å². The van der Waals surface area contributed by atoms with E-state index in [1.807, 2.05) is 0 Å². The predicted octanol–water partition coefficient (Wildman–Crippen LogP) is 4.38. The molecule has 0 spiro atoms. The molecule has 21 heavy (non-hydrogen) atoms. The zero-order chi connectivity index (χ0) is 15.1. The summed E-state index contributed by atoms with van der Waals surface area (Å²) in [5.41, 5.74) is 1.68. The van der Waals surface area contributed by atoms with Gasteiger partial charge in [-0.25, -0.2) is 0 Å². The number of piperazine rings is 1. The highest BCUT2D eigenvalue weighted by Crippen LogP contribution is 2.27. The fourth-order valence-corrected chi connectivity index (χ4v) is 3.33. The Hall–Kier alpha value is -0.860. The maximum Gasteiger partial charge on any atom is 0.0473 e. The Balaban J connectivity index is 1.94. The van der Waals surface area contributed by atoms with Gasteiger partial charge in [-0.2, -0.15) is 0 Å². The third-order valence-electron chi connectivity index (χ3n) is 4.55. The molecule has 1 aromatic carbocycles. The molecule has 2 nitrogen and oxygen atoms in total. The molecule has 1 unspecified atom stereocenters. The number of unbranched alkanes of at least 4 members (excludes halogenated alkanes) is 4. The summed E-state index contributed by atoms with van der Waals surface area (Å²) < 4.78 is 0. The molecule has 1 aliphatic heterocycles. The maximum absolute atomic E-state index is 3.71. The highest BCUT2D eigenvalue weighted by atomic mass is 15.2. The van der Waals surface area contributed by atoms with Crippen LogP contribution in [0.4, 0.5) is 0 Å². The summed E-state index contributed by atoms with van der Waals surface area (Å²) in [5, 5.41) is 3.71. The van der Waals surface area contributed by atoms with Crippen LogP contribution in [0.25, 0.3) is 0 Å². The second kappa shape index (κ2) is 7.95. The average Bonchev–Trinajstić information content (AvgIpc) is 2.47. The van der Waals surface area contributed by atoms with E-state index in [1.165, 1.54) is 44.2 Å². The van der Waals surface area contributed by atoms with E-state index in [0.29, 0.717) is 6.04 Å². The number of nitrogens with zero attached hydrogens (tertiary/aromatic N) is 1. The molecule has 0 aliphatic carbocycles. The fourth-order valence-electron chi connectivity index (χ4n) is 3.33. The van der Waals surface area contributed by atoms with Crippen LogP contribution in [-0.2, 0) is 0 Å². The van der Waals surface area contributed by atoms with Crippen LogP contribution in [0.2, 0.25) is 0 Å². The van der Waals surface area contributed by atoms with E-state index in [1.54, 1.807) is 0 Å². The highest BCUT2D eigenvalue weighted by Gasteiger charge is 2.32. The summed E-state index contributed by atoms with van der Waals surface area (Å²) in [6.45, 7) is 10.3. The summed E-state index contributed by atoms with van der Waals surface area (Å²) in [5.74, 6) is 0. The van der Waals surface area contributed by atoms with Gasteiger partial charge in [0.2, 0.25) is 0 Å².